The quantitative estimate of drug-likeness (QED) is 0.335. The highest BCUT2D eigenvalue weighted by Gasteiger charge is 2.19. The lowest BCUT2D eigenvalue weighted by atomic mass is 10.2. The van der Waals surface area contributed by atoms with Gasteiger partial charge in [0, 0.05) is 29.3 Å². The molecule has 8 nitrogen and oxygen atoms in total. The predicted molar refractivity (Wildman–Crippen MR) is 114 cm³/mol. The van der Waals surface area contributed by atoms with Gasteiger partial charge in [-0.05, 0) is 50.2 Å². The molecule has 1 aromatic carbocycles. The first-order valence-electron chi connectivity index (χ1n) is 9.16. The van der Waals surface area contributed by atoms with Gasteiger partial charge in [-0.1, -0.05) is 11.8 Å². The Morgan fingerprint density at radius 1 is 1.27 bits per heavy atom. The lowest BCUT2D eigenvalue weighted by Crippen LogP contribution is -2.11. The van der Waals surface area contributed by atoms with Crippen molar-refractivity contribution in [3.05, 3.63) is 60.1 Å². The van der Waals surface area contributed by atoms with Crippen LogP contribution in [0.2, 0.25) is 0 Å². The van der Waals surface area contributed by atoms with E-state index in [1.165, 1.54) is 18.7 Å². The number of ketones is 1. The molecule has 0 spiro atoms. The molecule has 0 bridgehead atoms. The minimum Gasteiger partial charge on any atom is -0.494 e. The number of hydrogen-bond acceptors (Lipinski definition) is 8. The van der Waals surface area contributed by atoms with Crippen LogP contribution in [0.1, 0.15) is 13.8 Å². The topological polar surface area (TPSA) is 120 Å². The summed E-state index contributed by atoms with van der Waals surface area (Å²) in [5, 5.41) is 18.2. The van der Waals surface area contributed by atoms with Crippen LogP contribution in [0.4, 0.5) is 0 Å². The van der Waals surface area contributed by atoms with Gasteiger partial charge in [-0.15, -0.1) is 10.2 Å². The molecule has 3 aromatic rings. The molecule has 152 valence electrons. The van der Waals surface area contributed by atoms with E-state index in [9.17, 15) is 4.79 Å². The number of benzene rings is 1. The smallest absolute Gasteiger partial charge is 0.196 e. The number of allylic oxidation sites excluding steroid dienone is 2. The number of carbonyl (C=O) groups is 1. The second kappa shape index (κ2) is 9.71. The van der Waals surface area contributed by atoms with Crippen LogP contribution in [0.5, 0.6) is 5.75 Å². The van der Waals surface area contributed by atoms with E-state index in [0.29, 0.717) is 17.6 Å². The Bertz CT molecular complexity index is 1100. The van der Waals surface area contributed by atoms with Gasteiger partial charge in [0.15, 0.2) is 16.8 Å². The highest BCUT2D eigenvalue weighted by atomic mass is 32.2. The summed E-state index contributed by atoms with van der Waals surface area (Å²) in [6.07, 6.45) is 3.38. The van der Waals surface area contributed by atoms with Crippen LogP contribution in [0.3, 0.4) is 0 Å². The molecule has 2 aromatic heterocycles. The number of pyridine rings is 1. The van der Waals surface area contributed by atoms with E-state index in [2.05, 4.69) is 15.2 Å². The average molecular weight is 420 g/mol. The van der Waals surface area contributed by atoms with Crippen molar-refractivity contribution >= 4 is 17.5 Å². The summed E-state index contributed by atoms with van der Waals surface area (Å²) >= 11 is 1.19. The summed E-state index contributed by atoms with van der Waals surface area (Å²) in [7, 11) is 0. The van der Waals surface area contributed by atoms with E-state index in [4.69, 9.17) is 15.7 Å². The largest absolute Gasteiger partial charge is 0.494 e. The number of carbonyl (C=O) groups excluding carboxylic acids is 1. The standard InChI is InChI=1S/C21H20N6O2S/c1-3-29-17-8-6-16(7-9-17)27-20(15-5-4-10-24-12-15)25-26-21(27)30-13-19(28)18(11-22)14(2)23/h4-10,12H,3,13,23H2,1-2H3. The van der Waals surface area contributed by atoms with E-state index in [-0.39, 0.29) is 22.8 Å². The van der Waals surface area contributed by atoms with Crippen LogP contribution < -0.4 is 10.5 Å². The molecular weight excluding hydrogens is 400 g/mol. The third-order valence-electron chi connectivity index (χ3n) is 4.08. The molecule has 0 radical (unpaired) electrons. The molecule has 0 saturated carbocycles. The van der Waals surface area contributed by atoms with Gasteiger partial charge in [-0.3, -0.25) is 14.3 Å². The minimum atomic E-state index is -0.355. The molecule has 0 amide bonds. The van der Waals surface area contributed by atoms with Crippen LogP contribution in [0.25, 0.3) is 17.1 Å². The third-order valence-corrected chi connectivity index (χ3v) is 5.01. The summed E-state index contributed by atoms with van der Waals surface area (Å²) in [5.41, 5.74) is 7.39. The third kappa shape index (κ3) is 4.67. The predicted octanol–water partition coefficient (Wildman–Crippen LogP) is 3.15. The Kier molecular flexibility index (Phi) is 6.83. The fourth-order valence-electron chi connectivity index (χ4n) is 2.71. The molecule has 9 heteroatoms. The van der Waals surface area contributed by atoms with Crippen LogP contribution in [0, 0.1) is 11.3 Å². The van der Waals surface area contributed by atoms with E-state index < -0.39 is 0 Å². The molecule has 30 heavy (non-hydrogen) atoms. The number of hydrogen-bond donors (Lipinski definition) is 1. The Labute approximate surface area is 178 Å². The zero-order valence-corrected chi connectivity index (χ0v) is 17.4. The van der Waals surface area contributed by atoms with E-state index in [1.807, 2.05) is 54.0 Å². The van der Waals surface area contributed by atoms with Gasteiger partial charge < -0.3 is 10.5 Å². The number of nitrogens with two attached hydrogens (primary N) is 1. The number of thioether (sulfide) groups is 1. The first-order valence-corrected chi connectivity index (χ1v) is 10.1. The summed E-state index contributed by atoms with van der Waals surface area (Å²) in [6, 6.07) is 13.1. The highest BCUT2D eigenvalue weighted by Crippen LogP contribution is 2.29. The molecular formula is C21H20N6O2S. The fraction of sp³-hybridized carbons (Fsp3) is 0.190. The molecule has 0 aliphatic heterocycles. The van der Waals surface area contributed by atoms with E-state index in [0.717, 1.165) is 17.0 Å². The first kappa shape index (κ1) is 21.1. The number of rotatable bonds is 8. The van der Waals surface area contributed by atoms with Crippen molar-refractivity contribution in [1.29, 1.82) is 5.26 Å². The molecule has 0 fully saturated rings. The monoisotopic (exact) mass is 420 g/mol. The van der Waals surface area contributed by atoms with Crippen molar-refractivity contribution in [2.75, 3.05) is 12.4 Å². The number of nitriles is 1. The maximum Gasteiger partial charge on any atom is 0.196 e. The summed E-state index contributed by atoms with van der Waals surface area (Å²) < 4.78 is 7.36. The van der Waals surface area contributed by atoms with Gasteiger partial charge >= 0.3 is 0 Å². The number of aromatic nitrogens is 4. The van der Waals surface area contributed by atoms with Gasteiger partial charge in [0.05, 0.1) is 12.4 Å². The minimum absolute atomic E-state index is 0.0135. The van der Waals surface area contributed by atoms with Crippen molar-refractivity contribution in [3.63, 3.8) is 0 Å². The number of nitrogens with zero attached hydrogens (tertiary/aromatic N) is 5. The van der Waals surface area contributed by atoms with Gasteiger partial charge in [0.2, 0.25) is 0 Å². The molecule has 0 saturated heterocycles. The highest BCUT2D eigenvalue weighted by molar-refractivity contribution is 7.99. The molecule has 0 aliphatic rings. The molecule has 2 N–H and O–H groups in total. The van der Waals surface area contributed by atoms with Crippen LogP contribution in [-0.2, 0) is 4.79 Å². The summed E-state index contributed by atoms with van der Waals surface area (Å²) in [4.78, 5) is 16.5. The van der Waals surface area contributed by atoms with Crippen molar-refractivity contribution in [1.82, 2.24) is 19.7 Å². The first-order chi connectivity index (χ1) is 14.5. The Morgan fingerprint density at radius 3 is 2.63 bits per heavy atom. The Hall–Kier alpha value is -3.64. The van der Waals surface area contributed by atoms with E-state index in [1.54, 1.807) is 12.4 Å². The Morgan fingerprint density at radius 2 is 2.03 bits per heavy atom. The fourth-order valence-corrected chi connectivity index (χ4v) is 3.53. The van der Waals surface area contributed by atoms with E-state index >= 15 is 0 Å². The van der Waals surface area contributed by atoms with Crippen molar-refractivity contribution < 1.29 is 9.53 Å². The SMILES string of the molecule is CCOc1ccc(-n2c(SCC(=O)C(C#N)=C(C)N)nnc2-c2cccnc2)cc1. The van der Waals surface area contributed by atoms with Crippen LogP contribution in [0.15, 0.2) is 65.2 Å². The van der Waals surface area contributed by atoms with Crippen LogP contribution >= 0.6 is 11.8 Å². The number of Topliss-reactive ketones (excluding diaryl/α,β-unsaturated/α-hetero) is 1. The summed E-state index contributed by atoms with van der Waals surface area (Å²) in [6.45, 7) is 4.03. The average Bonchev–Trinajstić information content (AvgIpc) is 3.18. The Balaban J connectivity index is 1.98. The van der Waals surface area contributed by atoms with Gasteiger partial charge in [0.25, 0.3) is 0 Å². The molecule has 0 atom stereocenters. The molecule has 0 unspecified atom stereocenters. The van der Waals surface area contributed by atoms with Crippen LogP contribution in [-0.4, -0.2) is 37.9 Å². The normalized spacial score (nSPS) is 11.5. The lowest BCUT2D eigenvalue weighted by molar-refractivity contribution is -0.112. The maximum absolute atomic E-state index is 12.4. The maximum atomic E-state index is 12.4. The molecule has 2 heterocycles. The molecule has 0 aliphatic carbocycles. The lowest BCUT2D eigenvalue weighted by Gasteiger charge is -2.11. The summed E-state index contributed by atoms with van der Waals surface area (Å²) in [5.74, 6) is 1.00. The van der Waals surface area contributed by atoms with Crippen molar-refractivity contribution in [3.8, 4) is 28.9 Å². The zero-order valence-electron chi connectivity index (χ0n) is 16.6. The second-order valence-electron chi connectivity index (χ2n) is 6.19. The van der Waals surface area contributed by atoms with Crippen molar-refractivity contribution in [2.24, 2.45) is 5.73 Å². The number of ether oxygens (including phenoxy) is 1. The van der Waals surface area contributed by atoms with Crippen molar-refractivity contribution in [2.45, 2.75) is 19.0 Å². The second-order valence-corrected chi connectivity index (χ2v) is 7.13. The van der Waals surface area contributed by atoms with Gasteiger partial charge in [-0.2, -0.15) is 5.26 Å². The van der Waals surface area contributed by atoms with Gasteiger partial charge in [0.1, 0.15) is 17.4 Å². The molecule has 3 rings (SSSR count). The van der Waals surface area contributed by atoms with Gasteiger partial charge in [-0.25, -0.2) is 0 Å². The zero-order chi connectivity index (χ0) is 21.5.